The second-order valence-electron chi connectivity index (χ2n) is 4.70. The first-order valence-corrected chi connectivity index (χ1v) is 7.58. The summed E-state index contributed by atoms with van der Waals surface area (Å²) in [6, 6.07) is 10.9. The van der Waals surface area contributed by atoms with Crippen molar-refractivity contribution in [2.75, 3.05) is 6.54 Å². The molecule has 106 valence electrons. The summed E-state index contributed by atoms with van der Waals surface area (Å²) >= 11 is 3.39. The standard InChI is InChI=1S/C16H18BrFN2/c1-2-8-19-16(15-5-3-4-9-20-15)11-12-10-13(17)6-7-14(12)18/h3-7,9-10,16,19H,2,8,11H2,1H3. The fourth-order valence-corrected chi connectivity index (χ4v) is 2.51. The molecule has 1 unspecified atom stereocenters. The quantitative estimate of drug-likeness (QED) is 0.852. The third-order valence-electron chi connectivity index (χ3n) is 3.12. The van der Waals surface area contributed by atoms with Gasteiger partial charge in [0.1, 0.15) is 5.82 Å². The molecule has 4 heteroatoms. The zero-order chi connectivity index (χ0) is 14.4. The van der Waals surface area contributed by atoms with E-state index in [0.717, 1.165) is 23.1 Å². The van der Waals surface area contributed by atoms with E-state index in [1.807, 2.05) is 24.3 Å². The molecule has 1 heterocycles. The number of halogens is 2. The molecule has 0 aliphatic heterocycles. The minimum atomic E-state index is -0.174. The summed E-state index contributed by atoms with van der Waals surface area (Å²) in [5.74, 6) is -0.174. The van der Waals surface area contributed by atoms with E-state index in [0.29, 0.717) is 12.0 Å². The van der Waals surface area contributed by atoms with Crippen LogP contribution in [0, 0.1) is 5.82 Å². The van der Waals surface area contributed by atoms with Gasteiger partial charge in [-0.2, -0.15) is 0 Å². The Labute approximate surface area is 127 Å². The van der Waals surface area contributed by atoms with E-state index < -0.39 is 0 Å². The molecule has 0 saturated carbocycles. The lowest BCUT2D eigenvalue weighted by atomic mass is 10.0. The summed E-state index contributed by atoms with van der Waals surface area (Å²) in [5, 5.41) is 3.44. The fraction of sp³-hybridized carbons (Fsp3) is 0.312. The Morgan fingerprint density at radius 2 is 2.15 bits per heavy atom. The number of benzene rings is 1. The number of rotatable bonds is 6. The number of pyridine rings is 1. The first-order chi connectivity index (χ1) is 9.70. The van der Waals surface area contributed by atoms with Gasteiger partial charge in [0.25, 0.3) is 0 Å². The van der Waals surface area contributed by atoms with Crippen LogP contribution in [0.3, 0.4) is 0 Å². The second kappa shape index (κ2) is 7.50. The lowest BCUT2D eigenvalue weighted by molar-refractivity contribution is 0.503. The fourth-order valence-electron chi connectivity index (χ4n) is 2.10. The number of nitrogens with one attached hydrogen (secondary N) is 1. The molecular formula is C16H18BrFN2. The van der Waals surface area contributed by atoms with E-state index in [1.165, 1.54) is 6.07 Å². The molecule has 0 fully saturated rings. The molecule has 1 N–H and O–H groups in total. The first-order valence-electron chi connectivity index (χ1n) is 6.79. The largest absolute Gasteiger partial charge is 0.308 e. The van der Waals surface area contributed by atoms with Gasteiger partial charge in [-0.1, -0.05) is 28.9 Å². The van der Waals surface area contributed by atoms with Crippen molar-refractivity contribution in [3.8, 4) is 0 Å². The average Bonchev–Trinajstić information content (AvgIpc) is 2.48. The molecule has 2 aromatic rings. The molecular weight excluding hydrogens is 319 g/mol. The maximum Gasteiger partial charge on any atom is 0.126 e. The van der Waals surface area contributed by atoms with E-state index in [2.05, 4.69) is 33.2 Å². The van der Waals surface area contributed by atoms with E-state index in [9.17, 15) is 4.39 Å². The molecule has 2 rings (SSSR count). The zero-order valence-corrected chi connectivity index (χ0v) is 13.0. The molecule has 0 radical (unpaired) electrons. The van der Waals surface area contributed by atoms with Gasteiger partial charge in [0.05, 0.1) is 11.7 Å². The van der Waals surface area contributed by atoms with E-state index in [-0.39, 0.29) is 11.9 Å². The third kappa shape index (κ3) is 4.12. The summed E-state index contributed by atoms with van der Waals surface area (Å²) in [6.07, 6.45) is 3.39. The first kappa shape index (κ1) is 15.1. The van der Waals surface area contributed by atoms with Crippen molar-refractivity contribution in [3.63, 3.8) is 0 Å². The van der Waals surface area contributed by atoms with Gasteiger partial charge in [0, 0.05) is 10.7 Å². The van der Waals surface area contributed by atoms with Crippen molar-refractivity contribution in [1.29, 1.82) is 0 Å². The highest BCUT2D eigenvalue weighted by Crippen LogP contribution is 2.22. The molecule has 0 bridgehead atoms. The van der Waals surface area contributed by atoms with E-state index in [1.54, 1.807) is 12.3 Å². The topological polar surface area (TPSA) is 24.9 Å². The molecule has 1 aromatic heterocycles. The minimum Gasteiger partial charge on any atom is -0.308 e. The van der Waals surface area contributed by atoms with Gasteiger partial charge in [-0.25, -0.2) is 4.39 Å². The maximum atomic E-state index is 13.9. The van der Waals surface area contributed by atoms with Crippen molar-refractivity contribution in [2.24, 2.45) is 0 Å². The summed E-state index contributed by atoms with van der Waals surface area (Å²) in [6.45, 7) is 3.00. The highest BCUT2D eigenvalue weighted by Gasteiger charge is 2.15. The van der Waals surface area contributed by atoms with Gasteiger partial charge < -0.3 is 5.32 Å². The van der Waals surface area contributed by atoms with E-state index in [4.69, 9.17) is 0 Å². The molecule has 2 nitrogen and oxygen atoms in total. The lowest BCUT2D eigenvalue weighted by Gasteiger charge is -2.18. The van der Waals surface area contributed by atoms with Crippen LogP contribution in [0.1, 0.15) is 30.6 Å². The van der Waals surface area contributed by atoms with Crippen LogP contribution >= 0.6 is 15.9 Å². The van der Waals surface area contributed by atoms with Gasteiger partial charge in [0.2, 0.25) is 0 Å². The van der Waals surface area contributed by atoms with Crippen molar-refractivity contribution in [1.82, 2.24) is 10.3 Å². The minimum absolute atomic E-state index is 0.0277. The van der Waals surface area contributed by atoms with Crippen LogP contribution in [0.2, 0.25) is 0 Å². The summed E-state index contributed by atoms with van der Waals surface area (Å²) in [5.41, 5.74) is 1.64. The summed E-state index contributed by atoms with van der Waals surface area (Å²) in [4.78, 5) is 4.38. The predicted octanol–water partition coefficient (Wildman–Crippen LogP) is 4.27. The maximum absolute atomic E-state index is 13.9. The highest BCUT2D eigenvalue weighted by atomic mass is 79.9. The number of hydrogen-bond donors (Lipinski definition) is 1. The molecule has 0 aliphatic carbocycles. The molecule has 0 aliphatic rings. The number of hydrogen-bond acceptors (Lipinski definition) is 2. The van der Waals surface area contributed by atoms with Gasteiger partial charge >= 0.3 is 0 Å². The second-order valence-corrected chi connectivity index (χ2v) is 5.62. The van der Waals surface area contributed by atoms with Gasteiger partial charge in [-0.05, 0) is 55.3 Å². The number of nitrogens with zero attached hydrogens (tertiary/aromatic N) is 1. The Morgan fingerprint density at radius 3 is 2.85 bits per heavy atom. The lowest BCUT2D eigenvalue weighted by Crippen LogP contribution is -2.25. The highest BCUT2D eigenvalue weighted by molar-refractivity contribution is 9.10. The van der Waals surface area contributed by atoms with Crippen LogP contribution < -0.4 is 5.32 Å². The van der Waals surface area contributed by atoms with Crippen LogP contribution in [0.25, 0.3) is 0 Å². The van der Waals surface area contributed by atoms with Crippen LogP contribution in [0.15, 0.2) is 47.1 Å². The Kier molecular flexibility index (Phi) is 5.68. The van der Waals surface area contributed by atoms with Crippen molar-refractivity contribution < 1.29 is 4.39 Å². The van der Waals surface area contributed by atoms with Crippen LogP contribution in [0.5, 0.6) is 0 Å². The van der Waals surface area contributed by atoms with Crippen LogP contribution in [0.4, 0.5) is 4.39 Å². The third-order valence-corrected chi connectivity index (χ3v) is 3.61. The molecule has 20 heavy (non-hydrogen) atoms. The molecule has 1 atom stereocenters. The Hall–Kier alpha value is -1.26. The summed E-state index contributed by atoms with van der Waals surface area (Å²) < 4.78 is 14.8. The molecule has 1 aromatic carbocycles. The average molecular weight is 337 g/mol. The zero-order valence-electron chi connectivity index (χ0n) is 11.4. The van der Waals surface area contributed by atoms with Crippen molar-refractivity contribution in [3.05, 3.63) is 64.1 Å². The number of aromatic nitrogens is 1. The Bertz CT molecular complexity index is 545. The normalized spacial score (nSPS) is 12.3. The predicted molar refractivity (Wildman–Crippen MR) is 83.1 cm³/mol. The van der Waals surface area contributed by atoms with Gasteiger partial charge in [0.15, 0.2) is 0 Å². The molecule has 0 spiro atoms. The smallest absolute Gasteiger partial charge is 0.126 e. The van der Waals surface area contributed by atoms with Crippen LogP contribution in [-0.4, -0.2) is 11.5 Å². The Morgan fingerprint density at radius 1 is 1.30 bits per heavy atom. The van der Waals surface area contributed by atoms with Gasteiger partial charge in [-0.3, -0.25) is 4.98 Å². The summed E-state index contributed by atoms with van der Waals surface area (Å²) in [7, 11) is 0. The SMILES string of the molecule is CCCNC(Cc1cc(Br)ccc1F)c1ccccn1. The molecule has 0 amide bonds. The van der Waals surface area contributed by atoms with Crippen LogP contribution in [-0.2, 0) is 6.42 Å². The Balaban J connectivity index is 2.21. The monoisotopic (exact) mass is 336 g/mol. The van der Waals surface area contributed by atoms with Gasteiger partial charge in [-0.15, -0.1) is 0 Å². The van der Waals surface area contributed by atoms with Crippen molar-refractivity contribution in [2.45, 2.75) is 25.8 Å². The molecule has 0 saturated heterocycles. The van der Waals surface area contributed by atoms with Crippen molar-refractivity contribution >= 4 is 15.9 Å². The van der Waals surface area contributed by atoms with E-state index >= 15 is 0 Å².